The number of fused-ring (bicyclic) bond motifs is 1. The third-order valence-electron chi connectivity index (χ3n) is 6.15. The lowest BCUT2D eigenvalue weighted by Crippen LogP contribution is -2.49. The number of carbonyl (C=O) groups is 1. The second-order valence-corrected chi connectivity index (χ2v) is 9.33. The van der Waals surface area contributed by atoms with Gasteiger partial charge < -0.3 is 4.90 Å². The lowest BCUT2D eigenvalue weighted by atomic mass is 9.96. The van der Waals surface area contributed by atoms with Gasteiger partial charge in [0.1, 0.15) is 0 Å². The Balaban J connectivity index is 1.22. The van der Waals surface area contributed by atoms with Crippen molar-refractivity contribution >= 4 is 27.5 Å². The van der Waals surface area contributed by atoms with Crippen LogP contribution in [0, 0.1) is 0 Å². The fourth-order valence-electron chi connectivity index (χ4n) is 4.51. The Labute approximate surface area is 193 Å². The first kappa shape index (κ1) is 20.9. The van der Waals surface area contributed by atoms with E-state index in [1.54, 1.807) is 11.3 Å². The maximum absolute atomic E-state index is 12.9. The molecule has 0 radical (unpaired) electrons. The van der Waals surface area contributed by atoms with Crippen molar-refractivity contribution < 1.29 is 4.79 Å². The molecule has 4 aromatic rings. The molecule has 162 valence electrons. The van der Waals surface area contributed by atoms with Crippen LogP contribution in [0.1, 0.15) is 28.6 Å². The Morgan fingerprint density at radius 1 is 0.812 bits per heavy atom. The van der Waals surface area contributed by atoms with Gasteiger partial charge in [0.25, 0.3) is 0 Å². The number of aryl methyl sites for hydroxylation is 1. The van der Waals surface area contributed by atoms with Crippen molar-refractivity contribution in [3.8, 4) is 0 Å². The van der Waals surface area contributed by atoms with Gasteiger partial charge in [-0.15, -0.1) is 11.3 Å². The smallest absolute Gasteiger partial charge is 0.223 e. The summed E-state index contributed by atoms with van der Waals surface area (Å²) in [4.78, 5) is 22.1. The number of aromatic nitrogens is 1. The van der Waals surface area contributed by atoms with Crippen molar-refractivity contribution in [3.63, 3.8) is 0 Å². The van der Waals surface area contributed by atoms with Crippen molar-refractivity contribution in [1.82, 2.24) is 14.8 Å². The molecule has 1 aromatic heterocycles. The van der Waals surface area contributed by atoms with E-state index in [1.807, 2.05) is 23.1 Å². The molecular formula is C27H27N3OS. The molecule has 32 heavy (non-hydrogen) atoms. The van der Waals surface area contributed by atoms with E-state index in [0.29, 0.717) is 6.42 Å². The molecule has 0 saturated carbocycles. The largest absolute Gasteiger partial charge is 0.340 e. The lowest BCUT2D eigenvalue weighted by molar-refractivity contribution is -0.133. The molecule has 1 fully saturated rings. The van der Waals surface area contributed by atoms with Crippen LogP contribution in [-0.4, -0.2) is 46.9 Å². The van der Waals surface area contributed by atoms with Crippen LogP contribution in [0.2, 0.25) is 0 Å². The minimum Gasteiger partial charge on any atom is -0.340 e. The second-order valence-electron chi connectivity index (χ2n) is 8.22. The van der Waals surface area contributed by atoms with Gasteiger partial charge in [0.15, 0.2) is 0 Å². The van der Waals surface area contributed by atoms with Gasteiger partial charge in [0.2, 0.25) is 5.91 Å². The van der Waals surface area contributed by atoms with Gasteiger partial charge in [-0.25, -0.2) is 4.98 Å². The van der Waals surface area contributed by atoms with Crippen LogP contribution in [0.3, 0.4) is 0 Å². The number of thiazole rings is 1. The number of rotatable bonds is 6. The predicted octanol–water partition coefficient (Wildman–Crippen LogP) is 5.16. The third kappa shape index (κ3) is 4.59. The summed E-state index contributed by atoms with van der Waals surface area (Å²) < 4.78 is 1.19. The monoisotopic (exact) mass is 441 g/mol. The molecule has 2 heterocycles. The molecule has 5 rings (SSSR count). The minimum atomic E-state index is 0.220. The summed E-state index contributed by atoms with van der Waals surface area (Å²) in [7, 11) is 0. The summed E-state index contributed by atoms with van der Waals surface area (Å²) in [5.74, 6) is 0.236. The van der Waals surface area contributed by atoms with Gasteiger partial charge in [-0.3, -0.25) is 9.69 Å². The maximum atomic E-state index is 12.9. The van der Waals surface area contributed by atoms with Gasteiger partial charge >= 0.3 is 0 Å². The molecule has 1 amide bonds. The first-order valence-corrected chi connectivity index (χ1v) is 12.1. The Bertz CT molecular complexity index is 1090. The molecule has 3 aromatic carbocycles. The lowest BCUT2D eigenvalue weighted by Gasteiger charge is -2.39. The Morgan fingerprint density at radius 3 is 2.03 bits per heavy atom. The summed E-state index contributed by atoms with van der Waals surface area (Å²) in [5, 5.41) is 1.05. The summed E-state index contributed by atoms with van der Waals surface area (Å²) in [6, 6.07) is 29.7. The molecule has 4 nitrogen and oxygen atoms in total. The zero-order chi connectivity index (χ0) is 21.8. The number of benzene rings is 3. The Kier molecular flexibility index (Phi) is 6.28. The predicted molar refractivity (Wildman–Crippen MR) is 131 cm³/mol. The quantitative estimate of drug-likeness (QED) is 0.415. The first-order valence-electron chi connectivity index (χ1n) is 11.2. The number of piperazine rings is 1. The van der Waals surface area contributed by atoms with Crippen LogP contribution in [-0.2, 0) is 11.2 Å². The molecular weight excluding hydrogens is 414 g/mol. The number of hydrogen-bond acceptors (Lipinski definition) is 4. The van der Waals surface area contributed by atoms with Crippen molar-refractivity contribution in [2.24, 2.45) is 0 Å². The van der Waals surface area contributed by atoms with Crippen molar-refractivity contribution in [2.75, 3.05) is 26.2 Å². The number of hydrogen-bond donors (Lipinski definition) is 0. The van der Waals surface area contributed by atoms with Crippen LogP contribution in [0.5, 0.6) is 0 Å². The fourth-order valence-corrected chi connectivity index (χ4v) is 5.48. The zero-order valence-electron chi connectivity index (χ0n) is 18.1. The standard InChI is InChI=1S/C27H27N3OS/c31-26(16-15-25-28-23-13-7-8-14-24(23)32-25)29-17-19-30(20-18-29)27(21-9-3-1-4-10-21)22-11-5-2-6-12-22/h1-14,27H,15-20H2. The molecule has 1 aliphatic heterocycles. The van der Waals surface area contributed by atoms with Crippen molar-refractivity contribution in [2.45, 2.75) is 18.9 Å². The van der Waals surface area contributed by atoms with Gasteiger partial charge in [0, 0.05) is 39.0 Å². The van der Waals surface area contributed by atoms with Crippen LogP contribution >= 0.6 is 11.3 Å². The Morgan fingerprint density at radius 2 is 1.41 bits per heavy atom. The van der Waals surface area contributed by atoms with E-state index < -0.39 is 0 Å². The van der Waals surface area contributed by atoms with E-state index in [-0.39, 0.29) is 11.9 Å². The SMILES string of the molecule is O=C(CCc1nc2ccccc2s1)N1CCN(C(c2ccccc2)c2ccccc2)CC1. The van der Waals surface area contributed by atoms with Gasteiger partial charge in [-0.05, 0) is 23.3 Å². The number of carbonyl (C=O) groups excluding carboxylic acids is 1. The van der Waals surface area contributed by atoms with Gasteiger partial charge in [-0.2, -0.15) is 0 Å². The molecule has 0 atom stereocenters. The zero-order valence-corrected chi connectivity index (χ0v) is 18.9. The van der Waals surface area contributed by atoms with Crippen LogP contribution < -0.4 is 0 Å². The molecule has 0 unspecified atom stereocenters. The normalized spacial score (nSPS) is 14.8. The molecule has 0 bridgehead atoms. The van der Waals surface area contributed by atoms with E-state index in [1.165, 1.54) is 15.8 Å². The molecule has 1 aliphatic rings. The highest BCUT2D eigenvalue weighted by molar-refractivity contribution is 7.18. The first-order chi connectivity index (χ1) is 15.8. The topological polar surface area (TPSA) is 36.4 Å². The highest BCUT2D eigenvalue weighted by Crippen LogP contribution is 2.29. The molecule has 5 heteroatoms. The average Bonchev–Trinajstić information content (AvgIpc) is 3.28. The molecule has 0 spiro atoms. The van der Waals surface area contributed by atoms with Crippen LogP contribution in [0.4, 0.5) is 0 Å². The maximum Gasteiger partial charge on any atom is 0.223 e. The number of amides is 1. The van der Waals surface area contributed by atoms with E-state index in [2.05, 4.69) is 76.6 Å². The summed E-state index contributed by atoms with van der Waals surface area (Å²) in [5.41, 5.74) is 3.63. The summed E-state index contributed by atoms with van der Waals surface area (Å²) in [6.07, 6.45) is 1.25. The average molecular weight is 442 g/mol. The van der Waals surface area contributed by atoms with Gasteiger partial charge in [-0.1, -0.05) is 72.8 Å². The third-order valence-corrected chi connectivity index (χ3v) is 7.25. The number of para-hydroxylation sites is 1. The van der Waals surface area contributed by atoms with E-state index >= 15 is 0 Å². The second kappa shape index (κ2) is 9.63. The van der Waals surface area contributed by atoms with Crippen molar-refractivity contribution in [1.29, 1.82) is 0 Å². The van der Waals surface area contributed by atoms with Crippen LogP contribution in [0.25, 0.3) is 10.2 Å². The molecule has 1 saturated heterocycles. The minimum absolute atomic E-state index is 0.220. The van der Waals surface area contributed by atoms with E-state index in [4.69, 9.17) is 0 Å². The van der Waals surface area contributed by atoms with Crippen molar-refractivity contribution in [3.05, 3.63) is 101 Å². The fraction of sp³-hybridized carbons (Fsp3) is 0.259. The van der Waals surface area contributed by atoms with Crippen LogP contribution in [0.15, 0.2) is 84.9 Å². The Hall–Kier alpha value is -3.02. The highest BCUT2D eigenvalue weighted by Gasteiger charge is 2.28. The molecule has 0 N–H and O–H groups in total. The van der Waals surface area contributed by atoms with E-state index in [9.17, 15) is 4.79 Å². The summed E-state index contributed by atoms with van der Waals surface area (Å²) >= 11 is 1.70. The highest BCUT2D eigenvalue weighted by atomic mass is 32.1. The van der Waals surface area contributed by atoms with Gasteiger partial charge in [0.05, 0.1) is 21.3 Å². The number of nitrogens with zero attached hydrogens (tertiary/aromatic N) is 3. The molecule has 0 aliphatic carbocycles. The van der Waals surface area contributed by atoms with E-state index in [0.717, 1.165) is 43.1 Å². The summed E-state index contributed by atoms with van der Waals surface area (Å²) in [6.45, 7) is 3.30.